The molecule has 0 bridgehead atoms. The van der Waals surface area contributed by atoms with Gasteiger partial charge in [0.15, 0.2) is 5.76 Å². The minimum atomic E-state index is -0.133. The quantitative estimate of drug-likeness (QED) is 0.707. The van der Waals surface area contributed by atoms with Crippen molar-refractivity contribution in [3.63, 3.8) is 0 Å². The number of benzene rings is 1. The number of ether oxygens (including phenoxy) is 1. The van der Waals surface area contributed by atoms with Gasteiger partial charge in [0.1, 0.15) is 11.4 Å². The Morgan fingerprint density at radius 1 is 1.23 bits per heavy atom. The second-order valence-electron chi connectivity index (χ2n) is 5.02. The van der Waals surface area contributed by atoms with Crippen molar-refractivity contribution in [3.05, 3.63) is 59.1 Å². The maximum Gasteiger partial charge on any atom is 0.271 e. The van der Waals surface area contributed by atoms with Crippen LogP contribution in [0.1, 0.15) is 19.8 Å². The Morgan fingerprint density at radius 2 is 2.05 bits per heavy atom. The number of hydrogen-bond acceptors (Lipinski definition) is 3. The molecule has 3 aromatic rings. The highest BCUT2D eigenvalue weighted by atomic mass is 16.5. The molecule has 0 atom stereocenters. The molecule has 0 aliphatic carbocycles. The number of rotatable bonds is 6. The van der Waals surface area contributed by atoms with Crippen LogP contribution in [0.15, 0.2) is 57.9 Å². The monoisotopic (exact) mass is 298 g/mol. The van der Waals surface area contributed by atoms with Gasteiger partial charge in [0.05, 0.1) is 18.6 Å². The molecule has 0 saturated heterocycles. The van der Waals surface area contributed by atoms with E-state index in [2.05, 4.69) is 12.0 Å². The van der Waals surface area contributed by atoms with Gasteiger partial charge >= 0.3 is 0 Å². The molecule has 114 valence electrons. The Hall–Kier alpha value is -2.69. The standard InChI is InChI=1S/C17H18N2O3/c1-2-3-10-21-14-8-6-13(7-9-14)19-17(20)12-15(18-19)16-5-4-11-22-16/h4-9,11-12,18H,2-3,10H2,1H3. The smallest absolute Gasteiger partial charge is 0.271 e. The van der Waals surface area contributed by atoms with E-state index in [0.717, 1.165) is 24.3 Å². The van der Waals surface area contributed by atoms with Crippen LogP contribution in [0, 0.1) is 0 Å². The minimum absolute atomic E-state index is 0.133. The molecule has 0 spiro atoms. The van der Waals surface area contributed by atoms with Crippen LogP contribution in [0.3, 0.4) is 0 Å². The molecule has 5 nitrogen and oxygen atoms in total. The van der Waals surface area contributed by atoms with Gasteiger partial charge in [-0.1, -0.05) is 13.3 Å². The van der Waals surface area contributed by atoms with Crippen molar-refractivity contribution in [2.75, 3.05) is 6.61 Å². The van der Waals surface area contributed by atoms with Gasteiger partial charge in [0.2, 0.25) is 0 Å². The summed E-state index contributed by atoms with van der Waals surface area (Å²) in [6.07, 6.45) is 3.71. The predicted molar refractivity (Wildman–Crippen MR) is 84.5 cm³/mol. The summed E-state index contributed by atoms with van der Waals surface area (Å²) < 4.78 is 12.4. The van der Waals surface area contributed by atoms with E-state index in [-0.39, 0.29) is 5.56 Å². The first-order chi connectivity index (χ1) is 10.8. The molecule has 2 aromatic heterocycles. The average molecular weight is 298 g/mol. The third-order valence-electron chi connectivity index (χ3n) is 3.37. The zero-order valence-electron chi connectivity index (χ0n) is 12.4. The maximum absolute atomic E-state index is 12.1. The Balaban J connectivity index is 1.81. The van der Waals surface area contributed by atoms with Crippen molar-refractivity contribution in [1.82, 2.24) is 9.78 Å². The SMILES string of the molecule is CCCCOc1ccc(-n2[nH]c(-c3ccco3)cc2=O)cc1. The third-order valence-corrected chi connectivity index (χ3v) is 3.37. The van der Waals surface area contributed by atoms with E-state index in [9.17, 15) is 4.79 Å². The molecule has 0 radical (unpaired) electrons. The summed E-state index contributed by atoms with van der Waals surface area (Å²) in [6.45, 7) is 2.83. The lowest BCUT2D eigenvalue weighted by atomic mass is 10.3. The van der Waals surface area contributed by atoms with E-state index in [4.69, 9.17) is 9.15 Å². The summed E-state index contributed by atoms with van der Waals surface area (Å²) >= 11 is 0. The van der Waals surface area contributed by atoms with Crippen molar-refractivity contribution in [3.8, 4) is 22.9 Å². The first kappa shape index (κ1) is 14.3. The fourth-order valence-electron chi connectivity index (χ4n) is 2.17. The fraction of sp³-hybridized carbons (Fsp3) is 0.235. The second-order valence-corrected chi connectivity index (χ2v) is 5.02. The Labute approximate surface area is 128 Å². The summed E-state index contributed by atoms with van der Waals surface area (Å²) in [5.41, 5.74) is 1.27. The van der Waals surface area contributed by atoms with Crippen LogP contribution in [0.5, 0.6) is 5.75 Å². The highest BCUT2D eigenvalue weighted by Crippen LogP contribution is 2.18. The second kappa shape index (κ2) is 6.39. The summed E-state index contributed by atoms with van der Waals surface area (Å²) in [7, 11) is 0. The molecule has 5 heteroatoms. The molecule has 0 saturated carbocycles. The molecule has 2 heterocycles. The van der Waals surface area contributed by atoms with E-state index in [1.54, 1.807) is 18.4 Å². The van der Waals surface area contributed by atoms with Gasteiger partial charge in [-0.25, -0.2) is 4.68 Å². The Morgan fingerprint density at radius 3 is 2.73 bits per heavy atom. The Bertz CT molecular complexity index is 767. The van der Waals surface area contributed by atoms with Gasteiger partial charge in [-0.3, -0.25) is 9.89 Å². The molecule has 0 aliphatic rings. The van der Waals surface area contributed by atoms with Crippen LogP contribution in [0.2, 0.25) is 0 Å². The first-order valence-electron chi connectivity index (χ1n) is 7.37. The number of hydrogen-bond donors (Lipinski definition) is 1. The van der Waals surface area contributed by atoms with Crippen molar-refractivity contribution in [2.45, 2.75) is 19.8 Å². The van der Waals surface area contributed by atoms with E-state index in [1.807, 2.05) is 24.3 Å². The lowest BCUT2D eigenvalue weighted by Crippen LogP contribution is -2.13. The fourth-order valence-corrected chi connectivity index (χ4v) is 2.17. The van der Waals surface area contributed by atoms with Crippen molar-refractivity contribution >= 4 is 0 Å². The zero-order valence-corrected chi connectivity index (χ0v) is 12.4. The van der Waals surface area contributed by atoms with E-state index < -0.39 is 0 Å². The molecule has 0 fully saturated rings. The summed E-state index contributed by atoms with van der Waals surface area (Å²) in [4.78, 5) is 12.1. The number of unbranched alkanes of at least 4 members (excludes halogenated alkanes) is 1. The molecular weight excluding hydrogens is 280 g/mol. The number of nitrogens with one attached hydrogen (secondary N) is 1. The van der Waals surface area contributed by atoms with Crippen molar-refractivity contribution < 1.29 is 9.15 Å². The number of aromatic amines is 1. The Kier molecular flexibility index (Phi) is 4.14. The zero-order chi connectivity index (χ0) is 15.4. The minimum Gasteiger partial charge on any atom is -0.494 e. The van der Waals surface area contributed by atoms with E-state index in [1.165, 1.54) is 10.7 Å². The molecule has 1 aromatic carbocycles. The van der Waals surface area contributed by atoms with Gasteiger partial charge in [-0.15, -0.1) is 0 Å². The lowest BCUT2D eigenvalue weighted by Gasteiger charge is -2.06. The van der Waals surface area contributed by atoms with Gasteiger partial charge in [-0.2, -0.15) is 0 Å². The number of aromatic nitrogens is 2. The molecule has 22 heavy (non-hydrogen) atoms. The van der Waals surface area contributed by atoms with Gasteiger partial charge in [0.25, 0.3) is 5.56 Å². The van der Waals surface area contributed by atoms with Crippen molar-refractivity contribution in [1.29, 1.82) is 0 Å². The van der Waals surface area contributed by atoms with E-state index >= 15 is 0 Å². The van der Waals surface area contributed by atoms with Crippen LogP contribution in [-0.2, 0) is 0 Å². The highest BCUT2D eigenvalue weighted by Gasteiger charge is 2.08. The molecule has 1 N–H and O–H groups in total. The van der Waals surface area contributed by atoms with Crippen LogP contribution >= 0.6 is 0 Å². The van der Waals surface area contributed by atoms with Crippen LogP contribution in [-0.4, -0.2) is 16.4 Å². The van der Waals surface area contributed by atoms with Crippen molar-refractivity contribution in [2.24, 2.45) is 0 Å². The number of furan rings is 1. The highest BCUT2D eigenvalue weighted by molar-refractivity contribution is 5.51. The number of nitrogens with zero attached hydrogens (tertiary/aromatic N) is 1. The van der Waals surface area contributed by atoms with Gasteiger partial charge in [0, 0.05) is 6.07 Å². The lowest BCUT2D eigenvalue weighted by molar-refractivity contribution is 0.309. The molecule has 0 amide bonds. The first-order valence-corrected chi connectivity index (χ1v) is 7.37. The maximum atomic E-state index is 12.1. The molecule has 0 aliphatic heterocycles. The normalized spacial score (nSPS) is 10.8. The van der Waals surface area contributed by atoms with Gasteiger partial charge < -0.3 is 9.15 Å². The van der Waals surface area contributed by atoms with Gasteiger partial charge in [-0.05, 0) is 42.8 Å². The van der Waals surface area contributed by atoms with Crippen LogP contribution < -0.4 is 10.3 Å². The molecule has 0 unspecified atom stereocenters. The van der Waals surface area contributed by atoms with E-state index in [0.29, 0.717) is 18.1 Å². The summed E-state index contributed by atoms with van der Waals surface area (Å²) in [5.74, 6) is 1.44. The molecule has 3 rings (SSSR count). The predicted octanol–water partition coefficient (Wildman–Crippen LogP) is 3.60. The summed E-state index contributed by atoms with van der Waals surface area (Å²) in [6, 6.07) is 12.5. The van der Waals surface area contributed by atoms with Crippen LogP contribution in [0.4, 0.5) is 0 Å². The average Bonchev–Trinajstić information content (AvgIpc) is 3.18. The van der Waals surface area contributed by atoms with Crippen LogP contribution in [0.25, 0.3) is 17.1 Å². The summed E-state index contributed by atoms with van der Waals surface area (Å²) in [5, 5.41) is 3.04. The number of H-pyrrole nitrogens is 1. The molecular formula is C17H18N2O3. The largest absolute Gasteiger partial charge is 0.494 e. The third kappa shape index (κ3) is 2.98. The topological polar surface area (TPSA) is 60.2 Å².